The van der Waals surface area contributed by atoms with Crippen LogP contribution in [0.25, 0.3) is 0 Å². The Bertz CT molecular complexity index is 580. The molecule has 2 N–H and O–H groups in total. The maximum atomic E-state index is 12.4. The highest BCUT2D eigenvalue weighted by Crippen LogP contribution is 2.31. The Balaban J connectivity index is 2.34. The van der Waals surface area contributed by atoms with Gasteiger partial charge in [-0.3, -0.25) is 4.90 Å². The summed E-state index contributed by atoms with van der Waals surface area (Å²) in [4.78, 5) is 2.07. The Kier molecular flexibility index (Phi) is 6.14. The Labute approximate surface area is 139 Å². The molecule has 21 heavy (non-hydrogen) atoms. The van der Waals surface area contributed by atoms with E-state index in [2.05, 4.69) is 20.8 Å². The molecular formula is C14H21BrN2O2S2. The first-order chi connectivity index (χ1) is 9.99. The van der Waals surface area contributed by atoms with Gasteiger partial charge in [0, 0.05) is 40.9 Å². The van der Waals surface area contributed by atoms with Gasteiger partial charge in [-0.15, -0.1) is 0 Å². The molecule has 1 fully saturated rings. The van der Waals surface area contributed by atoms with Gasteiger partial charge in [-0.2, -0.15) is 11.8 Å². The molecule has 0 bridgehead atoms. The first kappa shape index (κ1) is 17.3. The number of hydrogen-bond donors (Lipinski definition) is 1. The highest BCUT2D eigenvalue weighted by Gasteiger charge is 2.36. The van der Waals surface area contributed by atoms with Gasteiger partial charge >= 0.3 is 0 Å². The van der Waals surface area contributed by atoms with Crippen molar-refractivity contribution in [3.63, 3.8) is 0 Å². The molecule has 1 aromatic carbocycles. The number of sulfone groups is 1. The van der Waals surface area contributed by atoms with Gasteiger partial charge in [-0.05, 0) is 17.7 Å². The van der Waals surface area contributed by atoms with E-state index in [1.807, 2.05) is 24.3 Å². The minimum absolute atomic E-state index is 0.0604. The molecule has 2 unspecified atom stereocenters. The summed E-state index contributed by atoms with van der Waals surface area (Å²) in [5, 5.41) is -0.436. The van der Waals surface area contributed by atoms with Crippen molar-refractivity contribution in [2.75, 3.05) is 30.3 Å². The third-order valence-electron chi connectivity index (χ3n) is 3.80. The topological polar surface area (TPSA) is 63.4 Å². The summed E-state index contributed by atoms with van der Waals surface area (Å²) in [5.74, 6) is 1.74. The van der Waals surface area contributed by atoms with Crippen LogP contribution in [-0.2, 0) is 9.84 Å². The van der Waals surface area contributed by atoms with Gasteiger partial charge in [0.25, 0.3) is 0 Å². The van der Waals surface area contributed by atoms with Crippen LogP contribution in [0.3, 0.4) is 0 Å². The lowest BCUT2D eigenvalue weighted by Gasteiger charge is -2.40. The summed E-state index contributed by atoms with van der Waals surface area (Å²) in [7, 11) is -3.11. The van der Waals surface area contributed by atoms with Crippen LogP contribution in [-0.4, -0.2) is 49.0 Å². The number of rotatable bonds is 5. The molecule has 4 nitrogen and oxygen atoms in total. The fraction of sp³-hybridized carbons (Fsp3) is 0.571. The molecule has 0 aliphatic carbocycles. The van der Waals surface area contributed by atoms with Crippen molar-refractivity contribution in [3.05, 3.63) is 34.3 Å². The average molecular weight is 393 g/mol. The van der Waals surface area contributed by atoms with Crippen LogP contribution in [0.5, 0.6) is 0 Å². The lowest BCUT2D eigenvalue weighted by atomic mass is 10.1. The third-order valence-corrected chi connectivity index (χ3v) is 7.60. The van der Waals surface area contributed by atoms with E-state index in [1.165, 1.54) is 0 Å². The Morgan fingerprint density at radius 1 is 1.52 bits per heavy atom. The van der Waals surface area contributed by atoms with Gasteiger partial charge in [-0.25, -0.2) is 8.42 Å². The number of thioether (sulfide) groups is 1. The molecular weight excluding hydrogens is 372 g/mol. The molecule has 1 aromatic rings. The standard InChI is InChI=1S/C14H21BrN2O2S2/c1-2-21(18,19)14-10-20-7-6-17(14)13(9-16)11-4-3-5-12(15)8-11/h3-5,8,13-14H,2,6-7,9-10,16H2,1H3. The summed E-state index contributed by atoms with van der Waals surface area (Å²) in [6.07, 6.45) is 0. The Hall–Kier alpha value is -0.0800. The van der Waals surface area contributed by atoms with E-state index in [9.17, 15) is 8.42 Å². The molecule has 2 rings (SSSR count). The van der Waals surface area contributed by atoms with E-state index in [4.69, 9.17) is 5.73 Å². The number of halogens is 1. The van der Waals surface area contributed by atoms with E-state index in [0.717, 1.165) is 22.3 Å². The highest BCUT2D eigenvalue weighted by molar-refractivity contribution is 9.10. The molecule has 7 heteroatoms. The Morgan fingerprint density at radius 3 is 2.90 bits per heavy atom. The molecule has 1 aliphatic heterocycles. The van der Waals surface area contributed by atoms with E-state index in [0.29, 0.717) is 12.3 Å². The molecule has 2 atom stereocenters. The van der Waals surface area contributed by atoms with E-state index >= 15 is 0 Å². The van der Waals surface area contributed by atoms with E-state index < -0.39 is 15.2 Å². The minimum Gasteiger partial charge on any atom is -0.329 e. The highest BCUT2D eigenvalue weighted by atomic mass is 79.9. The van der Waals surface area contributed by atoms with Crippen LogP contribution < -0.4 is 5.73 Å². The van der Waals surface area contributed by atoms with Crippen molar-refractivity contribution in [3.8, 4) is 0 Å². The van der Waals surface area contributed by atoms with Crippen molar-refractivity contribution in [2.45, 2.75) is 18.3 Å². The number of hydrogen-bond acceptors (Lipinski definition) is 5. The second-order valence-electron chi connectivity index (χ2n) is 5.03. The first-order valence-corrected chi connectivity index (χ1v) is 10.7. The number of nitrogens with two attached hydrogens (primary N) is 1. The number of nitrogens with zero attached hydrogens (tertiary/aromatic N) is 1. The van der Waals surface area contributed by atoms with Gasteiger partial charge < -0.3 is 5.73 Å². The zero-order valence-electron chi connectivity index (χ0n) is 12.0. The van der Waals surface area contributed by atoms with Crippen molar-refractivity contribution in [1.29, 1.82) is 0 Å². The molecule has 1 heterocycles. The quantitative estimate of drug-likeness (QED) is 0.832. The maximum Gasteiger partial charge on any atom is 0.166 e. The maximum absolute atomic E-state index is 12.4. The van der Waals surface area contributed by atoms with E-state index in [-0.39, 0.29) is 11.8 Å². The molecule has 0 amide bonds. The third kappa shape index (κ3) is 4.01. The Morgan fingerprint density at radius 2 is 2.29 bits per heavy atom. The summed E-state index contributed by atoms with van der Waals surface area (Å²) >= 11 is 5.17. The monoisotopic (exact) mass is 392 g/mol. The van der Waals surface area contributed by atoms with Gasteiger partial charge in [0.1, 0.15) is 5.37 Å². The first-order valence-electron chi connectivity index (χ1n) is 7.00. The van der Waals surface area contributed by atoms with E-state index in [1.54, 1.807) is 18.7 Å². The van der Waals surface area contributed by atoms with Crippen LogP contribution in [0, 0.1) is 0 Å². The summed E-state index contributed by atoms with van der Waals surface area (Å²) in [6.45, 7) is 2.88. The fourth-order valence-corrected chi connectivity index (χ4v) is 6.11. The van der Waals surface area contributed by atoms with Crippen LogP contribution in [0.15, 0.2) is 28.7 Å². The SMILES string of the molecule is CCS(=O)(=O)C1CSCCN1C(CN)c1cccc(Br)c1. The summed E-state index contributed by atoms with van der Waals surface area (Å²) in [5.41, 5.74) is 7.04. The molecule has 1 aliphatic rings. The number of benzene rings is 1. The summed E-state index contributed by atoms with van der Waals surface area (Å²) < 4.78 is 25.7. The second kappa shape index (κ2) is 7.46. The molecule has 0 aromatic heterocycles. The molecule has 0 radical (unpaired) electrons. The van der Waals surface area contributed by atoms with Crippen molar-refractivity contribution >= 4 is 37.5 Å². The predicted molar refractivity (Wildman–Crippen MR) is 93.2 cm³/mol. The van der Waals surface area contributed by atoms with Crippen molar-refractivity contribution in [2.24, 2.45) is 5.73 Å². The minimum atomic E-state index is -3.11. The largest absolute Gasteiger partial charge is 0.329 e. The lowest BCUT2D eigenvalue weighted by Crippen LogP contribution is -2.50. The second-order valence-corrected chi connectivity index (χ2v) is 9.54. The molecule has 1 saturated heterocycles. The van der Waals surface area contributed by atoms with Crippen LogP contribution in [0.1, 0.15) is 18.5 Å². The van der Waals surface area contributed by atoms with Crippen molar-refractivity contribution < 1.29 is 8.42 Å². The lowest BCUT2D eigenvalue weighted by molar-refractivity contribution is 0.197. The fourth-order valence-electron chi connectivity index (χ4n) is 2.63. The average Bonchev–Trinajstić information content (AvgIpc) is 2.48. The van der Waals surface area contributed by atoms with Gasteiger partial charge in [-0.1, -0.05) is 35.0 Å². The van der Waals surface area contributed by atoms with Gasteiger partial charge in [0.05, 0.1) is 0 Å². The van der Waals surface area contributed by atoms with Crippen LogP contribution >= 0.6 is 27.7 Å². The van der Waals surface area contributed by atoms with Gasteiger partial charge in [0.15, 0.2) is 9.84 Å². The van der Waals surface area contributed by atoms with Crippen LogP contribution in [0.4, 0.5) is 0 Å². The zero-order chi connectivity index (χ0) is 15.5. The van der Waals surface area contributed by atoms with Crippen molar-refractivity contribution in [1.82, 2.24) is 4.90 Å². The molecule has 118 valence electrons. The van der Waals surface area contributed by atoms with Gasteiger partial charge in [0.2, 0.25) is 0 Å². The predicted octanol–water partition coefficient (Wildman–Crippen LogP) is 2.26. The molecule has 0 spiro atoms. The summed E-state index contributed by atoms with van der Waals surface area (Å²) in [6, 6.07) is 7.90. The van der Waals surface area contributed by atoms with Crippen LogP contribution in [0.2, 0.25) is 0 Å². The molecule has 0 saturated carbocycles. The normalized spacial score (nSPS) is 22.1. The smallest absolute Gasteiger partial charge is 0.166 e. The zero-order valence-corrected chi connectivity index (χ0v) is 15.3.